The van der Waals surface area contributed by atoms with Crippen LogP contribution in [-0.4, -0.2) is 57.9 Å². The first-order valence-corrected chi connectivity index (χ1v) is 17.5. The van der Waals surface area contributed by atoms with E-state index in [-0.39, 0.29) is 16.0 Å². The summed E-state index contributed by atoms with van der Waals surface area (Å²) >= 11 is 0. The Bertz CT molecular complexity index is 711. The summed E-state index contributed by atoms with van der Waals surface area (Å²) in [7, 11) is -4.24. The Kier molecular flexibility index (Phi) is 8.08. The third-order valence-corrected chi connectivity index (χ3v) is 16.2. The number of imide groups is 1. The first-order valence-electron chi connectivity index (χ1n) is 11.7. The maximum Gasteiger partial charge on any atom is 0.417 e. The molecule has 0 aromatic carbocycles. The molecule has 8 heteroatoms. The van der Waals surface area contributed by atoms with E-state index in [2.05, 4.69) is 81.6 Å². The van der Waals surface area contributed by atoms with E-state index in [9.17, 15) is 9.59 Å². The third kappa shape index (κ3) is 6.45. The van der Waals surface area contributed by atoms with Crippen molar-refractivity contribution >= 4 is 28.6 Å². The van der Waals surface area contributed by atoms with Gasteiger partial charge in [-0.3, -0.25) is 4.79 Å². The van der Waals surface area contributed by atoms with Crippen molar-refractivity contribution in [3.8, 4) is 0 Å². The van der Waals surface area contributed by atoms with Crippen LogP contribution in [0.2, 0.25) is 36.3 Å². The van der Waals surface area contributed by atoms with E-state index in [1.807, 2.05) is 0 Å². The fraction of sp³-hybridized carbons (Fsp3) is 0.917. The lowest BCUT2D eigenvalue weighted by molar-refractivity contribution is -0.173. The van der Waals surface area contributed by atoms with E-state index in [0.717, 1.165) is 0 Å². The SMILES string of the molecule is CC(C)(C)OC(=O)N1C(=O)[C@H](O[Si](C)(C)C(C)(C)C)[C@@H]1C(C)(C)CO[Si](C)(C)C(C)(C)C. The van der Waals surface area contributed by atoms with Crippen LogP contribution in [0.5, 0.6) is 0 Å². The number of carbonyl (C=O) groups excluding carboxylic acids is 2. The number of likely N-dealkylation sites (tertiary alicyclic amines) is 1. The van der Waals surface area contributed by atoms with Gasteiger partial charge in [0.15, 0.2) is 16.6 Å². The molecule has 1 fully saturated rings. The molecule has 0 aromatic rings. The van der Waals surface area contributed by atoms with E-state index >= 15 is 0 Å². The lowest BCUT2D eigenvalue weighted by atomic mass is 9.76. The van der Waals surface area contributed by atoms with E-state index in [1.165, 1.54) is 4.90 Å². The van der Waals surface area contributed by atoms with Gasteiger partial charge in [0.25, 0.3) is 5.91 Å². The summed E-state index contributed by atoms with van der Waals surface area (Å²) in [4.78, 5) is 27.4. The fourth-order valence-electron chi connectivity index (χ4n) is 3.01. The normalized spacial score (nSPS) is 21.5. The zero-order chi connectivity index (χ0) is 25.7. The number of ether oxygens (including phenoxy) is 1. The molecular weight excluding hydrogens is 438 g/mol. The molecule has 6 nitrogen and oxygen atoms in total. The fourth-order valence-corrected chi connectivity index (χ4v) is 5.40. The molecule has 0 aromatic heterocycles. The smallest absolute Gasteiger partial charge is 0.417 e. The highest BCUT2D eigenvalue weighted by atomic mass is 28.4. The Morgan fingerprint density at radius 2 is 1.28 bits per heavy atom. The number of nitrogens with zero attached hydrogens (tertiary/aromatic N) is 1. The lowest BCUT2D eigenvalue weighted by Crippen LogP contribution is -2.74. The second-order valence-electron chi connectivity index (χ2n) is 14.0. The van der Waals surface area contributed by atoms with Crippen LogP contribution >= 0.6 is 0 Å². The van der Waals surface area contributed by atoms with Gasteiger partial charge in [0.05, 0.1) is 6.04 Å². The highest BCUT2D eigenvalue weighted by Crippen LogP contribution is 2.45. The summed E-state index contributed by atoms with van der Waals surface area (Å²) in [6.45, 7) is 31.7. The van der Waals surface area contributed by atoms with Crippen molar-refractivity contribution in [2.24, 2.45) is 5.41 Å². The summed E-state index contributed by atoms with van der Waals surface area (Å²) < 4.78 is 18.7. The molecule has 0 N–H and O–H groups in total. The van der Waals surface area contributed by atoms with Crippen LogP contribution in [0.4, 0.5) is 4.79 Å². The van der Waals surface area contributed by atoms with E-state index < -0.39 is 45.9 Å². The average Bonchev–Trinajstić information content (AvgIpc) is 2.51. The van der Waals surface area contributed by atoms with Crippen LogP contribution in [0.15, 0.2) is 0 Å². The van der Waals surface area contributed by atoms with Crippen molar-refractivity contribution in [3.05, 3.63) is 0 Å². The maximum absolute atomic E-state index is 13.2. The van der Waals surface area contributed by atoms with Gasteiger partial charge in [-0.2, -0.15) is 0 Å². The molecule has 2 amide bonds. The Labute approximate surface area is 199 Å². The third-order valence-electron chi connectivity index (χ3n) is 7.28. The number of β-lactam (4-membered cyclic amide) rings is 1. The van der Waals surface area contributed by atoms with E-state index in [0.29, 0.717) is 6.61 Å². The van der Waals surface area contributed by atoms with E-state index in [4.69, 9.17) is 13.6 Å². The highest BCUT2D eigenvalue weighted by Gasteiger charge is 2.61. The van der Waals surface area contributed by atoms with Crippen LogP contribution in [0, 0.1) is 5.41 Å². The van der Waals surface area contributed by atoms with Gasteiger partial charge < -0.3 is 13.6 Å². The number of rotatable bonds is 6. The van der Waals surface area contributed by atoms with Gasteiger partial charge in [-0.25, -0.2) is 9.69 Å². The quantitative estimate of drug-likeness (QED) is 0.313. The minimum Gasteiger partial charge on any atom is -0.443 e. The second-order valence-corrected chi connectivity index (χ2v) is 23.5. The Balaban J connectivity index is 3.27. The van der Waals surface area contributed by atoms with Crippen molar-refractivity contribution in [1.82, 2.24) is 4.90 Å². The summed E-state index contributed by atoms with van der Waals surface area (Å²) in [5.41, 5.74) is -1.18. The molecule has 1 aliphatic rings. The monoisotopic (exact) mass is 487 g/mol. The van der Waals surface area contributed by atoms with Gasteiger partial charge >= 0.3 is 6.09 Å². The molecule has 1 saturated heterocycles. The highest BCUT2D eigenvalue weighted by molar-refractivity contribution is 6.74. The van der Waals surface area contributed by atoms with Crippen molar-refractivity contribution < 1.29 is 23.2 Å². The van der Waals surface area contributed by atoms with Gasteiger partial charge in [0, 0.05) is 12.0 Å². The summed E-state index contributed by atoms with van der Waals surface area (Å²) in [6.07, 6.45) is -1.27. The van der Waals surface area contributed by atoms with Gasteiger partial charge in [0.1, 0.15) is 11.7 Å². The van der Waals surface area contributed by atoms with E-state index in [1.54, 1.807) is 20.8 Å². The average molecular weight is 488 g/mol. The van der Waals surface area contributed by atoms with Crippen molar-refractivity contribution in [2.75, 3.05) is 6.61 Å². The van der Waals surface area contributed by atoms with Crippen molar-refractivity contribution in [3.63, 3.8) is 0 Å². The number of hydrogen-bond acceptors (Lipinski definition) is 5. The Morgan fingerprint density at radius 3 is 1.66 bits per heavy atom. The first kappa shape index (κ1) is 29.3. The van der Waals surface area contributed by atoms with Crippen LogP contribution in [0.1, 0.15) is 76.2 Å². The molecular formula is C24H49NO5Si2. The largest absolute Gasteiger partial charge is 0.443 e. The minimum atomic E-state index is -2.23. The van der Waals surface area contributed by atoms with Gasteiger partial charge in [-0.1, -0.05) is 55.4 Å². The van der Waals surface area contributed by atoms with Gasteiger partial charge in [0.2, 0.25) is 0 Å². The Hall–Kier alpha value is -0.706. The molecule has 0 aliphatic carbocycles. The van der Waals surface area contributed by atoms with Crippen molar-refractivity contribution in [2.45, 2.75) is 130 Å². The molecule has 0 radical (unpaired) electrons. The molecule has 188 valence electrons. The molecule has 1 aliphatic heterocycles. The number of amides is 2. The molecule has 0 unspecified atom stereocenters. The molecule has 2 atom stereocenters. The second kappa shape index (κ2) is 8.82. The number of hydrogen-bond donors (Lipinski definition) is 0. The summed E-state index contributed by atoms with van der Waals surface area (Å²) in [5.74, 6) is -0.311. The Morgan fingerprint density at radius 1 is 0.844 bits per heavy atom. The molecule has 1 heterocycles. The predicted octanol–water partition coefficient (Wildman–Crippen LogP) is 6.57. The van der Waals surface area contributed by atoms with Gasteiger partial charge in [-0.15, -0.1) is 0 Å². The minimum absolute atomic E-state index is 0.0497. The van der Waals surface area contributed by atoms with Crippen LogP contribution in [0.25, 0.3) is 0 Å². The molecule has 1 rings (SSSR count). The predicted molar refractivity (Wildman–Crippen MR) is 136 cm³/mol. The first-order chi connectivity index (χ1) is 13.8. The number of carbonyl (C=O) groups is 2. The molecule has 0 saturated carbocycles. The molecule has 0 bridgehead atoms. The summed E-state index contributed by atoms with van der Waals surface area (Å²) in [6, 6.07) is -0.441. The zero-order valence-electron chi connectivity index (χ0n) is 23.4. The summed E-state index contributed by atoms with van der Waals surface area (Å²) in [5, 5.41) is 0.0202. The topological polar surface area (TPSA) is 65.1 Å². The van der Waals surface area contributed by atoms with Crippen molar-refractivity contribution in [1.29, 1.82) is 0 Å². The standard InChI is InChI=1S/C24H49NO5Si2/c1-21(2,3)29-20(27)25-18(17(19(25)26)30-32(14,15)23(7,8)9)24(10,11)16-28-31(12,13)22(4,5)6/h17-18H,16H2,1-15H3/t17-,18-/m1/s1. The molecule has 32 heavy (non-hydrogen) atoms. The van der Waals surface area contributed by atoms with Crippen LogP contribution in [-0.2, 0) is 18.4 Å². The maximum atomic E-state index is 13.2. The zero-order valence-corrected chi connectivity index (χ0v) is 25.4. The van der Waals surface area contributed by atoms with Crippen LogP contribution < -0.4 is 0 Å². The van der Waals surface area contributed by atoms with Gasteiger partial charge in [-0.05, 0) is 57.0 Å². The lowest BCUT2D eigenvalue weighted by Gasteiger charge is -2.55. The van der Waals surface area contributed by atoms with Crippen LogP contribution in [0.3, 0.4) is 0 Å². The molecule has 0 spiro atoms.